The molecule has 3 aromatic heterocycles. The van der Waals surface area contributed by atoms with Crippen molar-refractivity contribution in [1.82, 2.24) is 9.38 Å². The number of imidazole rings is 1. The van der Waals surface area contributed by atoms with Crippen LogP contribution in [-0.4, -0.2) is 15.4 Å². The van der Waals surface area contributed by atoms with Crippen LogP contribution in [0.5, 0.6) is 0 Å². The average Bonchev–Trinajstić information content (AvgIpc) is 3.17. The summed E-state index contributed by atoms with van der Waals surface area (Å²) in [5, 5.41) is 3.73. The highest BCUT2D eigenvalue weighted by molar-refractivity contribution is 5.74. The zero-order chi connectivity index (χ0) is 14.9. The first-order valence-corrected chi connectivity index (χ1v) is 8.11. The first kappa shape index (κ1) is 13.4. The van der Waals surface area contributed by atoms with Gasteiger partial charge in [0.15, 0.2) is 5.76 Å². The summed E-state index contributed by atoms with van der Waals surface area (Å²) in [5.74, 6) is 1.88. The monoisotopic (exact) mass is 295 g/mol. The molecule has 1 N–H and O–H groups in total. The van der Waals surface area contributed by atoms with Crippen molar-refractivity contribution in [3.05, 3.63) is 42.3 Å². The Balaban J connectivity index is 1.82. The molecule has 3 heterocycles. The van der Waals surface area contributed by atoms with E-state index in [4.69, 9.17) is 9.40 Å². The fourth-order valence-electron chi connectivity index (χ4n) is 3.37. The maximum Gasteiger partial charge on any atom is 0.156 e. The Labute approximate surface area is 130 Å². The van der Waals surface area contributed by atoms with Gasteiger partial charge in [-0.25, -0.2) is 4.98 Å². The quantitative estimate of drug-likeness (QED) is 0.765. The van der Waals surface area contributed by atoms with E-state index in [0.717, 1.165) is 22.9 Å². The van der Waals surface area contributed by atoms with Gasteiger partial charge in [-0.3, -0.25) is 4.40 Å². The van der Waals surface area contributed by atoms with Gasteiger partial charge in [0.2, 0.25) is 0 Å². The number of anilines is 1. The third-order valence-electron chi connectivity index (χ3n) is 4.55. The lowest BCUT2D eigenvalue weighted by atomic mass is 9.95. The normalized spacial score (nSPS) is 16.2. The molecule has 0 aliphatic heterocycles. The van der Waals surface area contributed by atoms with Crippen molar-refractivity contribution in [1.29, 1.82) is 0 Å². The lowest BCUT2D eigenvalue weighted by Gasteiger charge is -2.24. The third-order valence-corrected chi connectivity index (χ3v) is 4.55. The number of hydrogen-bond acceptors (Lipinski definition) is 3. The summed E-state index contributed by atoms with van der Waals surface area (Å²) in [7, 11) is 0. The molecule has 1 aliphatic rings. The Morgan fingerprint density at radius 3 is 2.82 bits per heavy atom. The molecule has 4 heteroatoms. The minimum Gasteiger partial charge on any atom is -0.463 e. The fraction of sp³-hybridized carbons (Fsp3) is 0.389. The SMILES string of the molecule is Cc1cccn2c(NC3CCCCC3)c(-c3ccco3)nc12. The Bertz CT molecular complexity index is 767. The van der Waals surface area contributed by atoms with Crippen molar-refractivity contribution in [2.75, 3.05) is 5.32 Å². The van der Waals surface area contributed by atoms with Crippen molar-refractivity contribution in [2.24, 2.45) is 0 Å². The van der Waals surface area contributed by atoms with Crippen molar-refractivity contribution in [2.45, 2.75) is 45.1 Å². The summed E-state index contributed by atoms with van der Waals surface area (Å²) < 4.78 is 7.76. The molecular formula is C18H21N3O. The highest BCUT2D eigenvalue weighted by Gasteiger charge is 2.21. The number of rotatable bonds is 3. The molecule has 114 valence electrons. The van der Waals surface area contributed by atoms with Crippen LogP contribution in [-0.2, 0) is 0 Å². The molecule has 0 atom stereocenters. The summed E-state index contributed by atoms with van der Waals surface area (Å²) in [5.41, 5.74) is 3.07. The summed E-state index contributed by atoms with van der Waals surface area (Å²) in [4.78, 5) is 4.83. The lowest BCUT2D eigenvalue weighted by Crippen LogP contribution is -2.23. The van der Waals surface area contributed by atoms with E-state index in [2.05, 4.69) is 35.0 Å². The maximum absolute atomic E-state index is 5.60. The third kappa shape index (κ3) is 2.28. The minimum atomic E-state index is 0.530. The number of fused-ring (bicyclic) bond motifs is 1. The summed E-state index contributed by atoms with van der Waals surface area (Å²) >= 11 is 0. The second-order valence-corrected chi connectivity index (χ2v) is 6.15. The number of furan rings is 1. The van der Waals surface area contributed by atoms with Crippen LogP contribution in [0.2, 0.25) is 0 Å². The second-order valence-electron chi connectivity index (χ2n) is 6.15. The van der Waals surface area contributed by atoms with Crippen LogP contribution < -0.4 is 5.32 Å². The number of nitrogens with zero attached hydrogens (tertiary/aromatic N) is 2. The minimum absolute atomic E-state index is 0.530. The summed E-state index contributed by atoms with van der Waals surface area (Å²) in [6.07, 6.45) is 10.2. The predicted octanol–water partition coefficient (Wildman–Crippen LogP) is 4.65. The second kappa shape index (κ2) is 5.52. The Kier molecular flexibility index (Phi) is 3.37. The van der Waals surface area contributed by atoms with Crippen molar-refractivity contribution >= 4 is 11.5 Å². The molecule has 4 rings (SSSR count). The molecule has 22 heavy (non-hydrogen) atoms. The molecule has 4 nitrogen and oxygen atoms in total. The van der Waals surface area contributed by atoms with Crippen molar-refractivity contribution in [3.8, 4) is 11.5 Å². The van der Waals surface area contributed by atoms with E-state index in [9.17, 15) is 0 Å². The smallest absolute Gasteiger partial charge is 0.156 e. The molecule has 0 saturated heterocycles. The molecule has 0 amide bonds. The molecule has 0 bridgehead atoms. The van der Waals surface area contributed by atoms with E-state index in [1.165, 1.54) is 37.7 Å². The Morgan fingerprint density at radius 2 is 2.05 bits per heavy atom. The molecule has 3 aromatic rings. The zero-order valence-electron chi connectivity index (χ0n) is 12.9. The van der Waals surface area contributed by atoms with Gasteiger partial charge in [0.1, 0.15) is 17.2 Å². The number of pyridine rings is 1. The first-order valence-electron chi connectivity index (χ1n) is 8.11. The van der Waals surface area contributed by atoms with Crippen LogP contribution in [0.25, 0.3) is 17.1 Å². The van der Waals surface area contributed by atoms with Gasteiger partial charge in [0.05, 0.1) is 6.26 Å². The molecule has 0 radical (unpaired) electrons. The van der Waals surface area contributed by atoms with Crippen LogP contribution in [0, 0.1) is 6.92 Å². The van der Waals surface area contributed by atoms with Gasteiger partial charge in [-0.05, 0) is 43.5 Å². The van der Waals surface area contributed by atoms with Gasteiger partial charge in [0, 0.05) is 12.2 Å². The summed E-state index contributed by atoms with van der Waals surface area (Å²) in [6.45, 7) is 2.10. The largest absolute Gasteiger partial charge is 0.463 e. The highest BCUT2D eigenvalue weighted by atomic mass is 16.3. The van der Waals surface area contributed by atoms with E-state index in [0.29, 0.717) is 6.04 Å². The van der Waals surface area contributed by atoms with Gasteiger partial charge in [-0.2, -0.15) is 0 Å². The van der Waals surface area contributed by atoms with Crippen molar-refractivity contribution < 1.29 is 4.42 Å². The molecule has 0 unspecified atom stereocenters. The van der Waals surface area contributed by atoms with Crippen LogP contribution in [0.3, 0.4) is 0 Å². The topological polar surface area (TPSA) is 42.5 Å². The first-order chi connectivity index (χ1) is 10.8. The number of aromatic nitrogens is 2. The Hall–Kier alpha value is -2.23. The molecule has 0 spiro atoms. The molecule has 1 aliphatic carbocycles. The highest BCUT2D eigenvalue weighted by Crippen LogP contribution is 2.32. The zero-order valence-corrected chi connectivity index (χ0v) is 12.9. The van der Waals surface area contributed by atoms with E-state index in [-0.39, 0.29) is 0 Å². The van der Waals surface area contributed by atoms with Gasteiger partial charge >= 0.3 is 0 Å². The van der Waals surface area contributed by atoms with Gasteiger partial charge in [0.25, 0.3) is 0 Å². The molecule has 0 aromatic carbocycles. The van der Waals surface area contributed by atoms with E-state index in [1.807, 2.05) is 12.1 Å². The number of nitrogens with one attached hydrogen (secondary N) is 1. The van der Waals surface area contributed by atoms with Crippen molar-refractivity contribution in [3.63, 3.8) is 0 Å². The van der Waals surface area contributed by atoms with Gasteiger partial charge in [-0.1, -0.05) is 25.3 Å². The van der Waals surface area contributed by atoms with Gasteiger partial charge in [-0.15, -0.1) is 0 Å². The Morgan fingerprint density at radius 1 is 1.18 bits per heavy atom. The van der Waals surface area contributed by atoms with E-state index < -0.39 is 0 Å². The summed E-state index contributed by atoms with van der Waals surface area (Å²) in [6, 6.07) is 8.59. The molecular weight excluding hydrogens is 274 g/mol. The van der Waals surface area contributed by atoms with Crippen LogP contribution in [0.15, 0.2) is 41.1 Å². The fourth-order valence-corrected chi connectivity index (χ4v) is 3.37. The van der Waals surface area contributed by atoms with Crippen LogP contribution >= 0.6 is 0 Å². The van der Waals surface area contributed by atoms with Gasteiger partial charge < -0.3 is 9.73 Å². The number of hydrogen-bond donors (Lipinski definition) is 1. The molecule has 1 saturated carbocycles. The maximum atomic E-state index is 5.60. The van der Waals surface area contributed by atoms with Crippen LogP contribution in [0.1, 0.15) is 37.7 Å². The van der Waals surface area contributed by atoms with E-state index in [1.54, 1.807) is 6.26 Å². The standard InChI is InChI=1S/C18H21N3O/c1-13-7-5-11-21-17(13)20-16(15-10-6-12-22-15)18(21)19-14-8-3-2-4-9-14/h5-7,10-12,14,19H,2-4,8-9H2,1H3. The number of aryl methyl sites for hydroxylation is 1. The molecule has 1 fully saturated rings. The lowest BCUT2D eigenvalue weighted by molar-refractivity contribution is 0.461. The van der Waals surface area contributed by atoms with E-state index >= 15 is 0 Å². The van der Waals surface area contributed by atoms with Crippen LogP contribution in [0.4, 0.5) is 5.82 Å². The average molecular weight is 295 g/mol. The predicted molar refractivity (Wildman–Crippen MR) is 88.1 cm³/mol.